The summed E-state index contributed by atoms with van der Waals surface area (Å²) in [6.07, 6.45) is 5.83. The van der Waals surface area contributed by atoms with Crippen LogP contribution >= 0.6 is 11.8 Å². The lowest BCUT2D eigenvalue weighted by Gasteiger charge is -1.94. The van der Waals surface area contributed by atoms with Gasteiger partial charge in [-0.15, -0.1) is 6.58 Å². The van der Waals surface area contributed by atoms with Gasteiger partial charge in [0.15, 0.2) is 0 Å². The van der Waals surface area contributed by atoms with Crippen molar-refractivity contribution >= 4 is 11.8 Å². The van der Waals surface area contributed by atoms with E-state index in [1.807, 2.05) is 17.8 Å². The molecule has 0 rings (SSSR count). The van der Waals surface area contributed by atoms with Gasteiger partial charge in [0.25, 0.3) is 0 Å². The highest BCUT2D eigenvalue weighted by molar-refractivity contribution is 7.99. The van der Waals surface area contributed by atoms with Gasteiger partial charge >= 0.3 is 0 Å². The van der Waals surface area contributed by atoms with Crippen molar-refractivity contribution < 1.29 is 0 Å². The van der Waals surface area contributed by atoms with Crippen molar-refractivity contribution in [3.63, 3.8) is 0 Å². The average molecular weight is 144 g/mol. The van der Waals surface area contributed by atoms with Crippen LogP contribution in [0.1, 0.15) is 26.2 Å². The molecule has 9 heavy (non-hydrogen) atoms. The van der Waals surface area contributed by atoms with E-state index in [9.17, 15) is 0 Å². The van der Waals surface area contributed by atoms with E-state index in [1.165, 1.54) is 24.3 Å². The lowest BCUT2D eigenvalue weighted by molar-refractivity contribution is 0.896. The van der Waals surface area contributed by atoms with Gasteiger partial charge in [0.2, 0.25) is 0 Å². The van der Waals surface area contributed by atoms with E-state index in [2.05, 4.69) is 13.5 Å². The quantitative estimate of drug-likeness (QED) is 0.408. The maximum Gasteiger partial charge on any atom is -0.00330 e. The predicted molar refractivity (Wildman–Crippen MR) is 47.0 cm³/mol. The molecule has 0 aliphatic rings. The van der Waals surface area contributed by atoms with Crippen LogP contribution in [-0.2, 0) is 0 Å². The Morgan fingerprint density at radius 2 is 2.22 bits per heavy atom. The number of rotatable bonds is 6. The zero-order valence-electron chi connectivity index (χ0n) is 6.23. The Labute approximate surface area is 62.7 Å². The predicted octanol–water partition coefficient (Wildman–Crippen LogP) is 3.10. The fourth-order valence-electron chi connectivity index (χ4n) is 0.515. The third kappa shape index (κ3) is 8.09. The fraction of sp³-hybridized carbons (Fsp3) is 0.750. The highest BCUT2D eigenvalue weighted by Crippen LogP contribution is 2.05. The number of thioether (sulfide) groups is 1. The highest BCUT2D eigenvalue weighted by atomic mass is 32.2. The van der Waals surface area contributed by atoms with Gasteiger partial charge in [-0.25, -0.2) is 0 Å². The molecule has 0 aromatic rings. The summed E-state index contributed by atoms with van der Waals surface area (Å²) in [5.41, 5.74) is 0. The molecule has 0 saturated heterocycles. The largest absolute Gasteiger partial charge is 0.162 e. The van der Waals surface area contributed by atoms with Crippen LogP contribution in [0.4, 0.5) is 0 Å². The maximum absolute atomic E-state index is 3.67. The minimum atomic E-state index is 1.16. The van der Waals surface area contributed by atoms with Crippen molar-refractivity contribution in [2.45, 2.75) is 26.2 Å². The van der Waals surface area contributed by atoms with Gasteiger partial charge in [0.05, 0.1) is 0 Å². The number of allylic oxidation sites excluding steroid dienone is 1. The topological polar surface area (TPSA) is 0 Å². The van der Waals surface area contributed by atoms with Crippen LogP contribution in [0.2, 0.25) is 0 Å². The monoisotopic (exact) mass is 144 g/mol. The van der Waals surface area contributed by atoms with Crippen molar-refractivity contribution in [1.29, 1.82) is 0 Å². The third-order valence-corrected chi connectivity index (χ3v) is 2.21. The van der Waals surface area contributed by atoms with Crippen molar-refractivity contribution in [3.8, 4) is 0 Å². The smallest absolute Gasteiger partial charge is 0.00330 e. The Balaban J connectivity index is 2.66. The molecule has 0 fully saturated rings. The van der Waals surface area contributed by atoms with Crippen molar-refractivity contribution in [2.24, 2.45) is 0 Å². The Morgan fingerprint density at radius 1 is 1.44 bits per heavy atom. The minimum absolute atomic E-state index is 1.16. The Bertz CT molecular complexity index is 59.6. The standard InChI is InChI=1S/C8H16S/c1-3-5-7-9-8-6-4-2/h3H,1,4-8H2,2H3. The molecule has 0 N–H and O–H groups in total. The van der Waals surface area contributed by atoms with E-state index in [4.69, 9.17) is 0 Å². The number of unbranched alkanes of at least 4 members (excludes halogenated alkanes) is 1. The summed E-state index contributed by atoms with van der Waals surface area (Å²) in [5.74, 6) is 2.58. The zero-order chi connectivity index (χ0) is 6.95. The molecule has 1 heteroatoms. The van der Waals surface area contributed by atoms with Gasteiger partial charge in [-0.2, -0.15) is 11.8 Å². The molecule has 0 heterocycles. The van der Waals surface area contributed by atoms with Gasteiger partial charge in [-0.05, 0) is 24.3 Å². The average Bonchev–Trinajstić information content (AvgIpc) is 1.89. The molecule has 0 aromatic carbocycles. The molecule has 54 valence electrons. The summed E-state index contributed by atoms with van der Waals surface area (Å²) in [6.45, 7) is 5.90. The molecule has 0 nitrogen and oxygen atoms in total. The molecule has 0 radical (unpaired) electrons. The molecule has 0 aliphatic heterocycles. The van der Waals surface area contributed by atoms with Gasteiger partial charge in [0.1, 0.15) is 0 Å². The third-order valence-electron chi connectivity index (χ3n) is 1.11. The second-order valence-corrected chi connectivity index (χ2v) is 3.27. The van der Waals surface area contributed by atoms with Crippen LogP contribution in [0.15, 0.2) is 12.7 Å². The summed E-state index contributed by atoms with van der Waals surface area (Å²) in [5, 5.41) is 0. The van der Waals surface area contributed by atoms with E-state index in [-0.39, 0.29) is 0 Å². The van der Waals surface area contributed by atoms with Gasteiger partial charge in [-0.3, -0.25) is 0 Å². The van der Waals surface area contributed by atoms with Crippen LogP contribution in [0.5, 0.6) is 0 Å². The highest BCUT2D eigenvalue weighted by Gasteiger charge is 1.84. The number of hydrogen-bond donors (Lipinski definition) is 0. The zero-order valence-corrected chi connectivity index (χ0v) is 7.04. The molecular weight excluding hydrogens is 128 g/mol. The van der Waals surface area contributed by atoms with Gasteiger partial charge in [0, 0.05) is 0 Å². The van der Waals surface area contributed by atoms with E-state index in [0.29, 0.717) is 0 Å². The Morgan fingerprint density at radius 3 is 2.78 bits per heavy atom. The first-order valence-electron chi connectivity index (χ1n) is 3.60. The Kier molecular flexibility index (Phi) is 8.17. The SMILES string of the molecule is C=CCCSCCCC. The lowest BCUT2D eigenvalue weighted by atomic mass is 10.4. The second kappa shape index (κ2) is 8.09. The maximum atomic E-state index is 3.67. The fourth-order valence-corrected chi connectivity index (χ4v) is 1.55. The van der Waals surface area contributed by atoms with Crippen LogP contribution < -0.4 is 0 Å². The molecule has 0 bridgehead atoms. The van der Waals surface area contributed by atoms with E-state index in [1.54, 1.807) is 0 Å². The van der Waals surface area contributed by atoms with Gasteiger partial charge in [-0.1, -0.05) is 19.4 Å². The molecule has 0 aliphatic carbocycles. The summed E-state index contributed by atoms with van der Waals surface area (Å²) in [4.78, 5) is 0. The van der Waals surface area contributed by atoms with Crippen LogP contribution in [0, 0.1) is 0 Å². The van der Waals surface area contributed by atoms with Gasteiger partial charge < -0.3 is 0 Å². The lowest BCUT2D eigenvalue weighted by Crippen LogP contribution is -1.80. The molecule has 0 atom stereocenters. The van der Waals surface area contributed by atoms with Crippen molar-refractivity contribution in [1.82, 2.24) is 0 Å². The normalized spacial score (nSPS) is 9.44. The molecule has 0 saturated carbocycles. The molecule has 0 aromatic heterocycles. The summed E-state index contributed by atoms with van der Waals surface area (Å²) in [6, 6.07) is 0. The number of hydrogen-bond acceptors (Lipinski definition) is 1. The van der Waals surface area contributed by atoms with Crippen molar-refractivity contribution in [3.05, 3.63) is 12.7 Å². The summed E-state index contributed by atoms with van der Waals surface area (Å²) in [7, 11) is 0. The first kappa shape index (κ1) is 9.09. The molecular formula is C8H16S. The van der Waals surface area contributed by atoms with Crippen LogP contribution in [0.3, 0.4) is 0 Å². The Hall–Kier alpha value is 0.0900. The van der Waals surface area contributed by atoms with E-state index >= 15 is 0 Å². The van der Waals surface area contributed by atoms with Crippen LogP contribution in [-0.4, -0.2) is 11.5 Å². The molecule has 0 amide bonds. The van der Waals surface area contributed by atoms with E-state index < -0.39 is 0 Å². The summed E-state index contributed by atoms with van der Waals surface area (Å²) < 4.78 is 0. The minimum Gasteiger partial charge on any atom is -0.162 e. The molecule has 0 spiro atoms. The van der Waals surface area contributed by atoms with Crippen molar-refractivity contribution in [2.75, 3.05) is 11.5 Å². The first-order chi connectivity index (χ1) is 4.41. The molecule has 0 unspecified atom stereocenters. The van der Waals surface area contributed by atoms with E-state index in [0.717, 1.165) is 6.42 Å². The second-order valence-electron chi connectivity index (χ2n) is 2.04. The first-order valence-corrected chi connectivity index (χ1v) is 4.76. The van der Waals surface area contributed by atoms with Crippen LogP contribution in [0.25, 0.3) is 0 Å². The summed E-state index contributed by atoms with van der Waals surface area (Å²) >= 11 is 2.03.